The van der Waals surface area contributed by atoms with Gasteiger partial charge in [0.15, 0.2) is 0 Å². The van der Waals surface area contributed by atoms with Crippen LogP contribution < -0.4 is 21.7 Å². The average molecular weight is 743 g/mol. The summed E-state index contributed by atoms with van der Waals surface area (Å²) in [7, 11) is -10.5. The third-order valence-electron chi connectivity index (χ3n) is 8.55. The highest BCUT2D eigenvalue weighted by Gasteiger charge is 2.31. The van der Waals surface area contributed by atoms with Crippen molar-refractivity contribution in [3.63, 3.8) is 0 Å². The van der Waals surface area contributed by atoms with E-state index in [2.05, 4.69) is 10.2 Å². The number of hydrogen-bond acceptors (Lipinski definition) is 12. The highest BCUT2D eigenvalue weighted by molar-refractivity contribution is 7.86. The largest absolute Gasteiger partial charge is 0.372 e. The van der Waals surface area contributed by atoms with Crippen LogP contribution in [0.4, 0.5) is 28.4 Å². The maximum atomic E-state index is 13.0. The number of anilines is 3. The molecular formula is C33H38N6O10S2. The van der Waals surface area contributed by atoms with Crippen LogP contribution >= 0.6 is 0 Å². The minimum Gasteiger partial charge on any atom is -0.372 e. The minimum atomic E-state index is -5.26. The SMILES string of the molecule is CCN(CC)c1ccc(C(=C2C=CC(CCN)(CCN)C=C2)c2cc(Nc3ccc([N+](=O)[O-])cc3[N+](=O)[O-])c(S(=O)(=O)O)cc2S(=O)(=O)O)cc1. The predicted molar refractivity (Wildman–Crippen MR) is 193 cm³/mol. The van der Waals surface area contributed by atoms with Crippen LogP contribution in [0.1, 0.15) is 37.8 Å². The fraction of sp³-hybridized carbons (Fsp3) is 0.273. The summed E-state index contributed by atoms with van der Waals surface area (Å²) in [5, 5.41) is 25.8. The van der Waals surface area contributed by atoms with Gasteiger partial charge in [-0.2, -0.15) is 16.8 Å². The van der Waals surface area contributed by atoms with Crippen molar-refractivity contribution < 1.29 is 35.8 Å². The van der Waals surface area contributed by atoms with Gasteiger partial charge >= 0.3 is 0 Å². The van der Waals surface area contributed by atoms with Gasteiger partial charge in [0, 0.05) is 35.8 Å². The first-order chi connectivity index (χ1) is 24.0. The van der Waals surface area contributed by atoms with Gasteiger partial charge in [0.05, 0.1) is 21.6 Å². The Morgan fingerprint density at radius 2 is 1.37 bits per heavy atom. The smallest absolute Gasteiger partial charge is 0.299 e. The Labute approximate surface area is 294 Å². The second-order valence-electron chi connectivity index (χ2n) is 11.7. The van der Waals surface area contributed by atoms with Gasteiger partial charge < -0.3 is 21.7 Å². The number of nitrogens with zero attached hydrogens (tertiary/aromatic N) is 3. The molecule has 0 radical (unpaired) electrons. The molecule has 0 fully saturated rings. The number of benzene rings is 3. The van der Waals surface area contributed by atoms with Crippen molar-refractivity contribution in [1.29, 1.82) is 0 Å². The molecule has 3 aromatic rings. The lowest BCUT2D eigenvalue weighted by molar-refractivity contribution is -0.393. The summed E-state index contributed by atoms with van der Waals surface area (Å²) in [5.41, 5.74) is 10.6. The second kappa shape index (κ2) is 15.5. The molecule has 51 heavy (non-hydrogen) atoms. The van der Waals surface area contributed by atoms with Crippen LogP contribution in [-0.4, -0.2) is 62.0 Å². The summed E-state index contributed by atoms with van der Waals surface area (Å²) < 4.78 is 71.9. The number of nitrogens with two attached hydrogens (primary N) is 2. The summed E-state index contributed by atoms with van der Waals surface area (Å²) in [5.74, 6) is 0. The lowest BCUT2D eigenvalue weighted by Crippen LogP contribution is -2.25. The van der Waals surface area contributed by atoms with Gasteiger partial charge in [0.2, 0.25) is 0 Å². The van der Waals surface area contributed by atoms with Gasteiger partial charge in [0.1, 0.15) is 15.5 Å². The van der Waals surface area contributed by atoms with Crippen LogP contribution in [-0.2, 0) is 20.2 Å². The summed E-state index contributed by atoms with van der Waals surface area (Å²) in [4.78, 5) is 21.6. The highest BCUT2D eigenvalue weighted by atomic mass is 32.2. The number of allylic oxidation sites excluding steroid dienone is 5. The molecule has 0 amide bonds. The molecule has 1 aliphatic carbocycles. The molecule has 0 saturated carbocycles. The fourth-order valence-corrected chi connectivity index (χ4v) is 7.44. The molecule has 1 aliphatic rings. The molecule has 0 aromatic heterocycles. The lowest BCUT2D eigenvalue weighted by atomic mass is 9.76. The van der Waals surface area contributed by atoms with E-state index in [0.717, 1.165) is 23.9 Å². The topological polar surface area (TPSA) is 262 Å². The van der Waals surface area contributed by atoms with Gasteiger partial charge in [-0.1, -0.05) is 36.4 Å². The summed E-state index contributed by atoms with van der Waals surface area (Å²) in [6, 6.07) is 11.2. The number of rotatable bonds is 15. The van der Waals surface area contributed by atoms with E-state index >= 15 is 0 Å². The Balaban J connectivity index is 2.10. The van der Waals surface area contributed by atoms with Crippen molar-refractivity contribution in [2.24, 2.45) is 16.9 Å². The highest BCUT2D eigenvalue weighted by Crippen LogP contribution is 2.42. The van der Waals surface area contributed by atoms with Crippen LogP contribution in [0.2, 0.25) is 0 Å². The number of hydrogen-bond donors (Lipinski definition) is 5. The van der Waals surface area contributed by atoms with Gasteiger partial charge in [-0.25, -0.2) is 0 Å². The monoisotopic (exact) mass is 742 g/mol. The average Bonchev–Trinajstić information content (AvgIpc) is 3.06. The zero-order valence-corrected chi connectivity index (χ0v) is 29.4. The van der Waals surface area contributed by atoms with E-state index < -0.39 is 68.0 Å². The molecule has 0 unspecified atom stereocenters. The van der Waals surface area contributed by atoms with Crippen LogP contribution in [0.25, 0.3) is 5.57 Å². The molecule has 18 heteroatoms. The molecule has 0 atom stereocenters. The summed E-state index contributed by atoms with van der Waals surface area (Å²) >= 11 is 0. The van der Waals surface area contributed by atoms with E-state index in [-0.39, 0.29) is 11.1 Å². The van der Waals surface area contributed by atoms with E-state index in [1.165, 1.54) is 0 Å². The Hall–Kier alpha value is -4.98. The maximum Gasteiger partial charge on any atom is 0.299 e. The van der Waals surface area contributed by atoms with Gasteiger partial charge in [-0.3, -0.25) is 29.3 Å². The Kier molecular flexibility index (Phi) is 11.8. The number of nitro benzene ring substituents is 2. The van der Waals surface area contributed by atoms with Crippen LogP contribution in [0, 0.1) is 25.6 Å². The zero-order valence-electron chi connectivity index (χ0n) is 27.7. The summed E-state index contributed by atoms with van der Waals surface area (Å²) in [6.07, 6.45) is 8.34. The second-order valence-corrected chi connectivity index (χ2v) is 14.4. The summed E-state index contributed by atoms with van der Waals surface area (Å²) in [6.45, 7) is 6.07. The Morgan fingerprint density at radius 3 is 1.84 bits per heavy atom. The fourth-order valence-electron chi connectivity index (χ4n) is 6.01. The van der Waals surface area contributed by atoms with Crippen molar-refractivity contribution in [3.8, 4) is 0 Å². The van der Waals surface area contributed by atoms with E-state index in [1.54, 1.807) is 24.3 Å². The third-order valence-corrected chi connectivity index (χ3v) is 10.3. The van der Waals surface area contributed by atoms with Crippen LogP contribution in [0.5, 0.6) is 0 Å². The Bertz CT molecular complexity index is 2120. The van der Waals surface area contributed by atoms with E-state index in [4.69, 9.17) is 11.5 Å². The van der Waals surface area contributed by atoms with Crippen molar-refractivity contribution in [2.45, 2.75) is 36.5 Å². The molecule has 272 valence electrons. The molecule has 16 nitrogen and oxygen atoms in total. The molecule has 3 aromatic carbocycles. The van der Waals surface area contributed by atoms with Gasteiger partial charge in [-0.15, -0.1) is 0 Å². The third kappa shape index (κ3) is 8.67. The maximum absolute atomic E-state index is 13.0. The van der Waals surface area contributed by atoms with Gasteiger partial charge in [0.25, 0.3) is 31.6 Å². The molecule has 0 saturated heterocycles. The minimum absolute atomic E-state index is 0.207. The molecule has 0 bridgehead atoms. The molecule has 4 rings (SSSR count). The van der Waals surface area contributed by atoms with Crippen LogP contribution in [0.15, 0.2) is 94.3 Å². The normalized spacial score (nSPS) is 14.0. The zero-order chi connectivity index (χ0) is 37.7. The van der Waals surface area contributed by atoms with Crippen molar-refractivity contribution in [3.05, 3.63) is 116 Å². The Morgan fingerprint density at radius 1 is 0.804 bits per heavy atom. The first-order valence-corrected chi connectivity index (χ1v) is 18.6. The first kappa shape index (κ1) is 38.8. The van der Waals surface area contributed by atoms with Crippen molar-refractivity contribution in [1.82, 2.24) is 0 Å². The predicted octanol–water partition coefficient (Wildman–Crippen LogP) is 5.20. The molecular weight excluding hydrogens is 705 g/mol. The number of nitro groups is 2. The molecule has 0 heterocycles. The van der Waals surface area contributed by atoms with Crippen molar-refractivity contribution >= 4 is 54.2 Å². The van der Waals surface area contributed by atoms with Crippen molar-refractivity contribution in [2.75, 3.05) is 36.4 Å². The van der Waals surface area contributed by atoms with Crippen LogP contribution in [0.3, 0.4) is 0 Å². The molecule has 7 N–H and O–H groups in total. The number of non-ortho nitro benzene ring substituents is 1. The van der Waals surface area contributed by atoms with E-state index in [1.807, 2.05) is 38.1 Å². The quantitative estimate of drug-likeness (QED) is 0.0762. The first-order valence-electron chi connectivity index (χ1n) is 15.7. The molecule has 0 aliphatic heterocycles. The van der Waals surface area contributed by atoms with E-state index in [9.17, 15) is 46.2 Å². The number of nitrogens with one attached hydrogen (secondary N) is 1. The standard InChI is InChI=1S/C33H38N6O10S2/c1-3-37(4-2)24-7-5-22(6-8-24)32(23-11-13-33(14-12-23,15-17-34)16-18-35)26-20-28(31(51(47,48)49)21-30(26)50(44,45)46)36-27-10-9-25(38(40)41)19-29(27)39(42)43/h5-14,19-21,36H,3-4,15-18,34-35H2,1-2H3,(H,44,45,46)(H,47,48,49). The molecule has 0 spiro atoms. The van der Waals surface area contributed by atoms with Gasteiger partial charge in [-0.05, 0) is 86.8 Å². The van der Waals surface area contributed by atoms with E-state index in [0.29, 0.717) is 62.3 Å². The lowest BCUT2D eigenvalue weighted by Gasteiger charge is -2.30.